The Hall–Kier alpha value is -1.16. The fraction of sp³-hybridized carbons (Fsp3) is 0.778. The van der Waals surface area contributed by atoms with Gasteiger partial charge in [0.05, 0.1) is 7.11 Å². The average molecular weight is 311 g/mol. The highest BCUT2D eigenvalue weighted by Gasteiger charge is 2.07. The molecule has 0 fully saturated rings. The summed E-state index contributed by atoms with van der Waals surface area (Å²) < 4.78 is 0. The molecule has 0 aromatic rings. The van der Waals surface area contributed by atoms with Crippen molar-refractivity contribution in [2.75, 3.05) is 13.7 Å². The van der Waals surface area contributed by atoms with Crippen LogP contribution in [0.25, 0.3) is 0 Å². The molecule has 0 bridgehead atoms. The first-order chi connectivity index (χ1) is 10.6. The number of carbonyl (C=O) groups is 2. The Morgan fingerprint density at radius 1 is 0.909 bits per heavy atom. The van der Waals surface area contributed by atoms with Crippen molar-refractivity contribution in [1.29, 1.82) is 0 Å². The summed E-state index contributed by atoms with van der Waals surface area (Å²) >= 11 is 0. The molecule has 0 atom stereocenters. The SMILES string of the molecule is C=CC(=O)N(CCCCCCCCCCCCC(C)=O)OC. The maximum atomic E-state index is 11.4. The van der Waals surface area contributed by atoms with Crippen LogP contribution in [0.2, 0.25) is 0 Å². The van der Waals surface area contributed by atoms with Crippen LogP contribution in [0.3, 0.4) is 0 Å². The highest BCUT2D eigenvalue weighted by molar-refractivity contribution is 5.86. The number of carbonyl (C=O) groups excluding carboxylic acids is 2. The Morgan fingerprint density at radius 3 is 1.77 bits per heavy atom. The van der Waals surface area contributed by atoms with Crippen molar-refractivity contribution in [3.63, 3.8) is 0 Å². The lowest BCUT2D eigenvalue weighted by Crippen LogP contribution is -2.29. The highest BCUT2D eigenvalue weighted by atomic mass is 16.7. The zero-order valence-corrected chi connectivity index (χ0v) is 14.4. The molecule has 0 saturated heterocycles. The van der Waals surface area contributed by atoms with Gasteiger partial charge in [-0.15, -0.1) is 0 Å². The number of unbranched alkanes of at least 4 members (excludes halogenated alkanes) is 9. The molecule has 0 heterocycles. The van der Waals surface area contributed by atoms with E-state index < -0.39 is 0 Å². The minimum absolute atomic E-state index is 0.174. The molecule has 0 aliphatic rings. The summed E-state index contributed by atoms with van der Waals surface area (Å²) in [6.45, 7) is 5.76. The number of ketones is 1. The molecule has 4 nitrogen and oxygen atoms in total. The van der Waals surface area contributed by atoms with Crippen LogP contribution in [-0.4, -0.2) is 30.4 Å². The van der Waals surface area contributed by atoms with E-state index in [1.807, 2.05) is 0 Å². The summed E-state index contributed by atoms with van der Waals surface area (Å²) in [5.74, 6) is 0.133. The minimum Gasteiger partial charge on any atom is -0.300 e. The molecule has 128 valence electrons. The number of hydrogen-bond acceptors (Lipinski definition) is 3. The van der Waals surface area contributed by atoms with Gasteiger partial charge >= 0.3 is 0 Å². The second kappa shape index (κ2) is 14.8. The maximum absolute atomic E-state index is 11.4. The van der Waals surface area contributed by atoms with Gasteiger partial charge in [0.15, 0.2) is 0 Å². The highest BCUT2D eigenvalue weighted by Crippen LogP contribution is 2.11. The van der Waals surface area contributed by atoms with E-state index in [-0.39, 0.29) is 5.91 Å². The molecular formula is C18H33NO3. The number of hydrogen-bond donors (Lipinski definition) is 0. The largest absolute Gasteiger partial charge is 0.300 e. The zero-order valence-electron chi connectivity index (χ0n) is 14.4. The van der Waals surface area contributed by atoms with Crippen LogP contribution >= 0.6 is 0 Å². The van der Waals surface area contributed by atoms with Gasteiger partial charge < -0.3 is 4.79 Å². The maximum Gasteiger partial charge on any atom is 0.269 e. The fourth-order valence-electron chi connectivity index (χ4n) is 2.44. The lowest BCUT2D eigenvalue weighted by Gasteiger charge is -2.17. The van der Waals surface area contributed by atoms with Crippen LogP contribution in [0.5, 0.6) is 0 Å². The number of nitrogens with zero attached hydrogens (tertiary/aromatic N) is 1. The summed E-state index contributed by atoms with van der Waals surface area (Å²) in [6.07, 6.45) is 13.9. The fourth-order valence-corrected chi connectivity index (χ4v) is 2.44. The molecule has 0 aliphatic heterocycles. The van der Waals surface area contributed by atoms with Crippen molar-refractivity contribution in [2.24, 2.45) is 0 Å². The third-order valence-corrected chi connectivity index (χ3v) is 3.78. The van der Waals surface area contributed by atoms with E-state index in [0.29, 0.717) is 12.3 Å². The van der Waals surface area contributed by atoms with Crippen LogP contribution in [-0.2, 0) is 14.4 Å². The summed E-state index contributed by atoms with van der Waals surface area (Å²) in [5, 5.41) is 1.36. The molecule has 22 heavy (non-hydrogen) atoms. The van der Waals surface area contributed by atoms with Gasteiger partial charge in [0.1, 0.15) is 5.78 Å². The molecule has 0 radical (unpaired) electrons. The van der Waals surface area contributed by atoms with Gasteiger partial charge in [0, 0.05) is 13.0 Å². The standard InChI is InChI=1S/C18H33NO3/c1-4-18(21)19(22-3)16-14-12-10-8-6-5-7-9-11-13-15-17(2)20/h4H,1,5-16H2,2-3H3. The first kappa shape index (κ1) is 20.8. The van der Waals surface area contributed by atoms with Crippen molar-refractivity contribution < 1.29 is 14.4 Å². The van der Waals surface area contributed by atoms with Gasteiger partial charge in [-0.25, -0.2) is 5.06 Å². The van der Waals surface area contributed by atoms with Gasteiger partial charge in [-0.3, -0.25) is 9.63 Å². The van der Waals surface area contributed by atoms with Crippen molar-refractivity contribution in [2.45, 2.75) is 77.6 Å². The predicted octanol–water partition coefficient (Wildman–Crippen LogP) is 4.44. The Labute approximate surface area is 135 Å². The van der Waals surface area contributed by atoms with E-state index >= 15 is 0 Å². The van der Waals surface area contributed by atoms with Gasteiger partial charge in [-0.2, -0.15) is 0 Å². The van der Waals surface area contributed by atoms with E-state index in [4.69, 9.17) is 4.84 Å². The Bertz CT molecular complexity index is 315. The molecule has 4 heteroatoms. The number of hydroxylamine groups is 2. The number of amides is 1. The van der Waals surface area contributed by atoms with Crippen LogP contribution in [0, 0.1) is 0 Å². The van der Waals surface area contributed by atoms with E-state index in [0.717, 1.165) is 25.7 Å². The summed E-state index contributed by atoms with van der Waals surface area (Å²) in [5.41, 5.74) is 0. The average Bonchev–Trinajstić information content (AvgIpc) is 2.51. The normalized spacial score (nSPS) is 10.5. The third kappa shape index (κ3) is 12.6. The summed E-state index contributed by atoms with van der Waals surface area (Å²) in [7, 11) is 1.51. The van der Waals surface area contributed by atoms with Crippen LogP contribution in [0.1, 0.15) is 77.6 Å². The molecule has 0 saturated carbocycles. The molecule has 1 amide bonds. The molecule has 0 unspecified atom stereocenters. The first-order valence-electron chi connectivity index (χ1n) is 8.59. The first-order valence-corrected chi connectivity index (χ1v) is 8.59. The molecule has 0 rings (SSSR count). The Balaban J connectivity index is 3.28. The van der Waals surface area contributed by atoms with Crippen LogP contribution in [0.15, 0.2) is 12.7 Å². The second-order valence-corrected chi connectivity index (χ2v) is 5.81. The van der Waals surface area contributed by atoms with E-state index in [1.54, 1.807) is 6.92 Å². The molecule has 0 aliphatic carbocycles. The molecule has 0 N–H and O–H groups in total. The smallest absolute Gasteiger partial charge is 0.269 e. The summed E-state index contributed by atoms with van der Waals surface area (Å²) in [6, 6.07) is 0. The topological polar surface area (TPSA) is 46.6 Å². The van der Waals surface area contributed by atoms with Crippen molar-refractivity contribution >= 4 is 11.7 Å². The van der Waals surface area contributed by atoms with E-state index in [9.17, 15) is 9.59 Å². The Morgan fingerprint density at radius 2 is 1.36 bits per heavy atom. The quantitative estimate of drug-likeness (QED) is 0.255. The van der Waals surface area contributed by atoms with Crippen molar-refractivity contribution in [3.8, 4) is 0 Å². The lowest BCUT2D eigenvalue weighted by atomic mass is 10.1. The zero-order chi connectivity index (χ0) is 16.6. The van der Waals surface area contributed by atoms with Gasteiger partial charge in [-0.1, -0.05) is 57.9 Å². The van der Waals surface area contributed by atoms with Crippen molar-refractivity contribution in [1.82, 2.24) is 5.06 Å². The summed E-state index contributed by atoms with van der Waals surface area (Å²) in [4.78, 5) is 27.1. The van der Waals surface area contributed by atoms with E-state index in [2.05, 4.69) is 6.58 Å². The third-order valence-electron chi connectivity index (χ3n) is 3.78. The molecule has 0 aromatic carbocycles. The molecular weight excluding hydrogens is 278 g/mol. The number of Topliss-reactive ketones (excluding diaryl/α,β-unsaturated/α-hetero) is 1. The van der Waals surface area contributed by atoms with E-state index in [1.165, 1.54) is 63.2 Å². The molecule has 0 spiro atoms. The predicted molar refractivity (Wildman–Crippen MR) is 90.4 cm³/mol. The van der Waals surface area contributed by atoms with Crippen LogP contribution < -0.4 is 0 Å². The molecule has 0 aromatic heterocycles. The van der Waals surface area contributed by atoms with Gasteiger partial charge in [0.25, 0.3) is 5.91 Å². The minimum atomic E-state index is -0.174. The number of rotatable bonds is 15. The van der Waals surface area contributed by atoms with Gasteiger partial charge in [-0.05, 0) is 25.8 Å². The second-order valence-electron chi connectivity index (χ2n) is 5.81. The van der Waals surface area contributed by atoms with Crippen LogP contribution in [0.4, 0.5) is 0 Å². The lowest BCUT2D eigenvalue weighted by molar-refractivity contribution is -0.170. The Kier molecular flexibility index (Phi) is 14.0. The monoisotopic (exact) mass is 311 g/mol. The van der Waals surface area contributed by atoms with Crippen molar-refractivity contribution in [3.05, 3.63) is 12.7 Å². The van der Waals surface area contributed by atoms with Gasteiger partial charge in [0.2, 0.25) is 0 Å².